The van der Waals surface area contributed by atoms with Gasteiger partial charge in [0.2, 0.25) is 0 Å². The van der Waals surface area contributed by atoms with Gasteiger partial charge < -0.3 is 4.74 Å². The number of fused-ring (bicyclic) bond motifs is 1. The number of benzene rings is 2. The van der Waals surface area contributed by atoms with Gasteiger partial charge in [0, 0.05) is 40.4 Å². The molecule has 4 rings (SSSR count). The van der Waals surface area contributed by atoms with E-state index in [9.17, 15) is 0 Å². The van der Waals surface area contributed by atoms with E-state index in [2.05, 4.69) is 75.2 Å². The van der Waals surface area contributed by atoms with Crippen molar-refractivity contribution < 1.29 is 4.74 Å². The van der Waals surface area contributed by atoms with Gasteiger partial charge in [-0.1, -0.05) is 54.2 Å². The van der Waals surface area contributed by atoms with Crippen molar-refractivity contribution in [1.82, 2.24) is 9.88 Å². The molecule has 1 aromatic heterocycles. The van der Waals surface area contributed by atoms with Crippen molar-refractivity contribution in [3.63, 3.8) is 0 Å². The molecule has 1 saturated carbocycles. The number of hydrogen-bond donors (Lipinski definition) is 0. The molecule has 29 heavy (non-hydrogen) atoms. The SMILES string of the molecule is CCCCCCN(C1CC1)C(Oc1ccc2cnccc2c1)c1ccc(Br)cc1. The zero-order valence-electron chi connectivity index (χ0n) is 17.1. The summed E-state index contributed by atoms with van der Waals surface area (Å²) in [6, 6.07) is 17.6. The van der Waals surface area contributed by atoms with Crippen LogP contribution >= 0.6 is 15.9 Å². The Morgan fingerprint density at radius 2 is 1.86 bits per heavy atom. The van der Waals surface area contributed by atoms with Crippen molar-refractivity contribution in [2.24, 2.45) is 0 Å². The first-order valence-electron chi connectivity index (χ1n) is 10.8. The molecule has 0 N–H and O–H groups in total. The molecule has 152 valence electrons. The lowest BCUT2D eigenvalue weighted by atomic mass is 10.1. The van der Waals surface area contributed by atoms with Crippen molar-refractivity contribution in [3.8, 4) is 5.75 Å². The predicted molar refractivity (Wildman–Crippen MR) is 123 cm³/mol. The number of nitrogens with zero attached hydrogens (tertiary/aromatic N) is 2. The average Bonchev–Trinajstić information content (AvgIpc) is 3.58. The number of unbranched alkanes of at least 4 members (excludes halogenated alkanes) is 3. The average molecular weight is 453 g/mol. The monoisotopic (exact) mass is 452 g/mol. The van der Waals surface area contributed by atoms with E-state index in [1.165, 1.54) is 44.1 Å². The molecule has 2 aromatic carbocycles. The maximum Gasteiger partial charge on any atom is 0.179 e. The fourth-order valence-corrected chi connectivity index (χ4v) is 4.10. The summed E-state index contributed by atoms with van der Waals surface area (Å²) in [5.41, 5.74) is 1.21. The number of hydrogen-bond acceptors (Lipinski definition) is 3. The van der Waals surface area contributed by atoms with Crippen LogP contribution in [0.4, 0.5) is 0 Å². The van der Waals surface area contributed by atoms with Gasteiger partial charge in [-0.3, -0.25) is 9.88 Å². The molecule has 1 aliphatic rings. The van der Waals surface area contributed by atoms with Gasteiger partial charge in [-0.25, -0.2) is 0 Å². The highest BCUT2D eigenvalue weighted by molar-refractivity contribution is 9.10. The zero-order valence-corrected chi connectivity index (χ0v) is 18.6. The number of aromatic nitrogens is 1. The van der Waals surface area contributed by atoms with E-state index in [1.54, 1.807) is 0 Å². The van der Waals surface area contributed by atoms with E-state index < -0.39 is 0 Å². The highest BCUT2D eigenvalue weighted by atomic mass is 79.9. The van der Waals surface area contributed by atoms with E-state index in [-0.39, 0.29) is 6.23 Å². The van der Waals surface area contributed by atoms with Crippen molar-refractivity contribution in [1.29, 1.82) is 0 Å². The normalized spacial score (nSPS) is 15.0. The third kappa shape index (κ3) is 5.37. The van der Waals surface area contributed by atoms with E-state index in [1.807, 2.05) is 18.5 Å². The zero-order chi connectivity index (χ0) is 20.1. The maximum absolute atomic E-state index is 6.66. The molecule has 1 aliphatic carbocycles. The van der Waals surface area contributed by atoms with Gasteiger partial charge in [-0.05, 0) is 61.0 Å². The second-order valence-electron chi connectivity index (χ2n) is 7.94. The molecular formula is C25H29BrN2O. The molecular weight excluding hydrogens is 424 g/mol. The summed E-state index contributed by atoms with van der Waals surface area (Å²) in [6.07, 6.45) is 11.3. The van der Waals surface area contributed by atoms with Gasteiger partial charge in [0.05, 0.1) is 0 Å². The van der Waals surface area contributed by atoms with Gasteiger partial charge in [-0.2, -0.15) is 0 Å². The third-order valence-corrected chi connectivity index (χ3v) is 6.13. The molecule has 1 fully saturated rings. The van der Waals surface area contributed by atoms with Crippen molar-refractivity contribution in [2.45, 2.75) is 57.7 Å². The highest BCUT2D eigenvalue weighted by Crippen LogP contribution is 2.37. The molecule has 0 spiro atoms. The van der Waals surface area contributed by atoms with Gasteiger partial charge in [0.25, 0.3) is 0 Å². The van der Waals surface area contributed by atoms with E-state index in [0.717, 1.165) is 27.5 Å². The summed E-state index contributed by atoms with van der Waals surface area (Å²) >= 11 is 3.57. The Kier molecular flexibility index (Phi) is 6.83. The van der Waals surface area contributed by atoms with Crippen LogP contribution in [-0.2, 0) is 0 Å². The molecule has 3 nitrogen and oxygen atoms in total. The van der Waals surface area contributed by atoms with E-state index >= 15 is 0 Å². The van der Waals surface area contributed by atoms with Crippen LogP contribution in [0.15, 0.2) is 65.4 Å². The summed E-state index contributed by atoms with van der Waals surface area (Å²) in [5, 5.41) is 2.30. The van der Waals surface area contributed by atoms with Gasteiger partial charge >= 0.3 is 0 Å². The Labute approximate surface area is 182 Å². The third-order valence-electron chi connectivity index (χ3n) is 5.60. The molecule has 0 radical (unpaired) electrons. The minimum absolute atomic E-state index is 0.0588. The molecule has 1 atom stereocenters. The van der Waals surface area contributed by atoms with Crippen LogP contribution in [0.25, 0.3) is 10.8 Å². The number of pyridine rings is 1. The summed E-state index contributed by atoms with van der Waals surface area (Å²) in [5.74, 6) is 0.913. The van der Waals surface area contributed by atoms with Crippen molar-refractivity contribution in [2.75, 3.05) is 6.54 Å². The molecule has 0 bridgehead atoms. The minimum Gasteiger partial charge on any atom is -0.471 e. The van der Waals surface area contributed by atoms with Crippen LogP contribution in [0.2, 0.25) is 0 Å². The molecule has 1 unspecified atom stereocenters. The summed E-state index contributed by atoms with van der Waals surface area (Å²) in [6.45, 7) is 3.35. The van der Waals surface area contributed by atoms with Crippen molar-refractivity contribution >= 4 is 26.7 Å². The Morgan fingerprint density at radius 1 is 1.03 bits per heavy atom. The predicted octanol–water partition coefficient (Wildman–Crippen LogP) is 7.12. The topological polar surface area (TPSA) is 25.4 Å². The quantitative estimate of drug-likeness (QED) is 0.241. The number of rotatable bonds is 10. The lowest BCUT2D eigenvalue weighted by Gasteiger charge is -2.32. The molecule has 0 amide bonds. The van der Waals surface area contributed by atoms with Crippen LogP contribution in [0, 0.1) is 0 Å². The van der Waals surface area contributed by atoms with E-state index in [0.29, 0.717) is 6.04 Å². The summed E-state index contributed by atoms with van der Waals surface area (Å²) in [7, 11) is 0. The fraction of sp³-hybridized carbons (Fsp3) is 0.400. The first-order valence-corrected chi connectivity index (χ1v) is 11.6. The number of ether oxygens (including phenoxy) is 1. The first kappa shape index (κ1) is 20.4. The second kappa shape index (κ2) is 9.73. The van der Waals surface area contributed by atoms with Crippen LogP contribution in [0.3, 0.4) is 0 Å². The Balaban J connectivity index is 1.60. The lowest BCUT2D eigenvalue weighted by molar-refractivity contribution is 0.0155. The largest absolute Gasteiger partial charge is 0.471 e. The van der Waals surface area contributed by atoms with Crippen LogP contribution in [0.1, 0.15) is 57.2 Å². The highest BCUT2D eigenvalue weighted by Gasteiger charge is 2.35. The van der Waals surface area contributed by atoms with Gasteiger partial charge in [0.15, 0.2) is 6.23 Å². The number of halogens is 1. The fourth-order valence-electron chi connectivity index (χ4n) is 3.84. The van der Waals surface area contributed by atoms with Crippen LogP contribution < -0.4 is 4.74 Å². The molecule has 1 heterocycles. The first-order chi connectivity index (χ1) is 14.2. The lowest BCUT2D eigenvalue weighted by Crippen LogP contribution is -2.35. The molecule has 4 heteroatoms. The second-order valence-corrected chi connectivity index (χ2v) is 8.85. The summed E-state index contributed by atoms with van der Waals surface area (Å²) < 4.78 is 7.76. The minimum atomic E-state index is -0.0588. The molecule has 3 aromatic rings. The smallest absolute Gasteiger partial charge is 0.179 e. The Morgan fingerprint density at radius 3 is 2.62 bits per heavy atom. The standard InChI is InChI=1S/C25H29BrN2O/c1-2-3-4-5-16-28(23-11-12-23)25(19-6-9-22(26)10-7-19)29-24-13-8-21-18-27-15-14-20(21)17-24/h6-10,13-15,17-18,23,25H,2-5,11-12,16H2,1H3. The molecule has 0 aliphatic heterocycles. The van der Waals surface area contributed by atoms with E-state index in [4.69, 9.17) is 4.74 Å². The van der Waals surface area contributed by atoms with Crippen LogP contribution in [0.5, 0.6) is 5.75 Å². The van der Waals surface area contributed by atoms with Gasteiger partial charge in [0.1, 0.15) is 5.75 Å². The van der Waals surface area contributed by atoms with Gasteiger partial charge in [-0.15, -0.1) is 0 Å². The maximum atomic E-state index is 6.66. The van der Waals surface area contributed by atoms with Crippen molar-refractivity contribution in [3.05, 3.63) is 71.0 Å². The Bertz CT molecular complexity index is 924. The summed E-state index contributed by atoms with van der Waals surface area (Å²) in [4.78, 5) is 6.79. The Hall–Kier alpha value is -1.91. The molecule has 0 saturated heterocycles. The van der Waals surface area contributed by atoms with Crippen LogP contribution in [-0.4, -0.2) is 22.5 Å².